The van der Waals surface area contributed by atoms with Crippen molar-refractivity contribution >= 4 is 5.95 Å². The number of hydrogen-bond acceptors (Lipinski definition) is 5. The molecule has 2 N–H and O–H groups in total. The first-order chi connectivity index (χ1) is 10.8. The lowest BCUT2D eigenvalue weighted by Crippen LogP contribution is -2.26. The Kier molecular flexibility index (Phi) is 4.37. The molecule has 0 atom stereocenters. The molecule has 0 unspecified atom stereocenters. The molecule has 6 nitrogen and oxygen atoms in total. The summed E-state index contributed by atoms with van der Waals surface area (Å²) in [5, 5.41) is 11.4. The molecular formula is C16H20N4O2. The number of benzene rings is 1. The van der Waals surface area contributed by atoms with Crippen LogP contribution < -0.4 is 15.6 Å². The van der Waals surface area contributed by atoms with Crippen molar-refractivity contribution in [3.05, 3.63) is 34.6 Å². The highest BCUT2D eigenvalue weighted by Crippen LogP contribution is 2.20. The van der Waals surface area contributed by atoms with Crippen molar-refractivity contribution in [1.29, 1.82) is 0 Å². The van der Waals surface area contributed by atoms with Crippen molar-refractivity contribution in [2.24, 2.45) is 0 Å². The van der Waals surface area contributed by atoms with E-state index in [0.717, 1.165) is 24.2 Å². The summed E-state index contributed by atoms with van der Waals surface area (Å²) in [5.41, 5.74) is 0.800. The van der Waals surface area contributed by atoms with Gasteiger partial charge in [0, 0.05) is 11.6 Å². The highest BCUT2D eigenvalue weighted by Gasteiger charge is 2.15. The van der Waals surface area contributed by atoms with Gasteiger partial charge in [-0.1, -0.05) is 19.3 Å². The number of anilines is 1. The van der Waals surface area contributed by atoms with Crippen molar-refractivity contribution in [2.75, 3.05) is 12.4 Å². The van der Waals surface area contributed by atoms with Crippen LogP contribution in [0, 0.1) is 0 Å². The van der Waals surface area contributed by atoms with E-state index in [1.54, 1.807) is 31.4 Å². The van der Waals surface area contributed by atoms with E-state index in [0.29, 0.717) is 17.7 Å². The Labute approximate surface area is 128 Å². The summed E-state index contributed by atoms with van der Waals surface area (Å²) in [4.78, 5) is 15.0. The molecule has 6 heteroatoms. The number of aromatic amines is 1. The van der Waals surface area contributed by atoms with Crippen LogP contribution in [0.15, 0.2) is 29.1 Å². The summed E-state index contributed by atoms with van der Waals surface area (Å²) in [6.45, 7) is 0. The molecule has 1 aromatic carbocycles. The molecular weight excluding hydrogens is 280 g/mol. The fourth-order valence-corrected chi connectivity index (χ4v) is 2.78. The minimum Gasteiger partial charge on any atom is -0.497 e. The highest BCUT2D eigenvalue weighted by atomic mass is 16.5. The molecule has 0 saturated heterocycles. The Balaban J connectivity index is 1.77. The number of ether oxygens (including phenoxy) is 1. The zero-order valence-electron chi connectivity index (χ0n) is 12.6. The van der Waals surface area contributed by atoms with Crippen LogP contribution in [0.5, 0.6) is 5.75 Å². The monoisotopic (exact) mass is 300 g/mol. The van der Waals surface area contributed by atoms with E-state index in [1.165, 1.54) is 19.3 Å². The molecule has 1 saturated carbocycles. The second-order valence-corrected chi connectivity index (χ2v) is 5.56. The Hall–Kier alpha value is -2.37. The van der Waals surface area contributed by atoms with Gasteiger partial charge in [-0.15, -0.1) is 10.2 Å². The predicted octanol–water partition coefficient (Wildman–Crippen LogP) is 2.59. The highest BCUT2D eigenvalue weighted by molar-refractivity contribution is 5.58. The van der Waals surface area contributed by atoms with E-state index in [2.05, 4.69) is 20.5 Å². The number of methoxy groups -OCH3 is 1. The zero-order valence-corrected chi connectivity index (χ0v) is 12.6. The van der Waals surface area contributed by atoms with Crippen molar-refractivity contribution in [3.8, 4) is 17.0 Å². The normalized spacial score (nSPS) is 15.5. The lowest BCUT2D eigenvalue weighted by Gasteiger charge is -2.22. The Morgan fingerprint density at radius 2 is 1.86 bits per heavy atom. The molecule has 1 aliphatic carbocycles. The molecule has 0 aliphatic heterocycles. The standard InChI is InChI=1S/C16H20N4O2/c1-22-13-9-7-11(8-10-13)14-15(21)18-16(20-19-14)17-12-5-3-2-4-6-12/h7-10,12H,2-6H2,1H3,(H2,17,18,20,21). The van der Waals surface area contributed by atoms with E-state index < -0.39 is 0 Å². The lowest BCUT2D eigenvalue weighted by molar-refractivity contribution is 0.415. The first-order valence-corrected chi connectivity index (χ1v) is 7.64. The molecule has 0 radical (unpaired) electrons. The molecule has 116 valence electrons. The molecule has 1 heterocycles. The first-order valence-electron chi connectivity index (χ1n) is 7.64. The maximum Gasteiger partial charge on any atom is 0.279 e. The fraction of sp³-hybridized carbons (Fsp3) is 0.438. The third-order valence-electron chi connectivity index (χ3n) is 4.01. The summed E-state index contributed by atoms with van der Waals surface area (Å²) < 4.78 is 5.11. The van der Waals surface area contributed by atoms with Crippen LogP contribution in [0.4, 0.5) is 5.95 Å². The lowest BCUT2D eigenvalue weighted by atomic mass is 9.96. The van der Waals surface area contributed by atoms with Gasteiger partial charge in [0.2, 0.25) is 5.95 Å². The van der Waals surface area contributed by atoms with Crippen molar-refractivity contribution in [3.63, 3.8) is 0 Å². The van der Waals surface area contributed by atoms with Gasteiger partial charge in [0.05, 0.1) is 7.11 Å². The average Bonchev–Trinajstić information content (AvgIpc) is 2.56. The quantitative estimate of drug-likeness (QED) is 0.907. The largest absolute Gasteiger partial charge is 0.497 e. The van der Waals surface area contributed by atoms with Crippen LogP contribution in [-0.2, 0) is 0 Å². The Morgan fingerprint density at radius 3 is 2.50 bits per heavy atom. The third kappa shape index (κ3) is 3.27. The van der Waals surface area contributed by atoms with Crippen molar-refractivity contribution < 1.29 is 4.74 Å². The van der Waals surface area contributed by atoms with Gasteiger partial charge in [0.1, 0.15) is 5.75 Å². The van der Waals surface area contributed by atoms with Gasteiger partial charge >= 0.3 is 0 Å². The van der Waals surface area contributed by atoms with E-state index in [4.69, 9.17) is 4.74 Å². The van der Waals surface area contributed by atoms with Gasteiger partial charge in [-0.05, 0) is 37.1 Å². The number of rotatable bonds is 4. The van der Waals surface area contributed by atoms with Crippen LogP contribution >= 0.6 is 0 Å². The van der Waals surface area contributed by atoms with Crippen LogP contribution in [0.2, 0.25) is 0 Å². The van der Waals surface area contributed by atoms with Crippen LogP contribution in [0.25, 0.3) is 11.3 Å². The van der Waals surface area contributed by atoms with Gasteiger partial charge < -0.3 is 10.1 Å². The number of H-pyrrole nitrogens is 1. The minimum absolute atomic E-state index is 0.238. The van der Waals surface area contributed by atoms with Crippen molar-refractivity contribution in [1.82, 2.24) is 15.2 Å². The van der Waals surface area contributed by atoms with Gasteiger partial charge in [-0.25, -0.2) is 0 Å². The molecule has 1 fully saturated rings. The Morgan fingerprint density at radius 1 is 1.14 bits per heavy atom. The SMILES string of the molecule is COc1ccc(-c2nnc(NC3CCCCC3)[nH]c2=O)cc1. The van der Waals surface area contributed by atoms with Gasteiger partial charge in [-0.2, -0.15) is 0 Å². The maximum atomic E-state index is 12.2. The molecule has 1 aliphatic rings. The van der Waals surface area contributed by atoms with Crippen molar-refractivity contribution in [2.45, 2.75) is 38.1 Å². The summed E-state index contributed by atoms with van der Waals surface area (Å²) in [5.74, 6) is 1.19. The number of hydrogen-bond donors (Lipinski definition) is 2. The molecule has 3 rings (SSSR count). The molecule has 0 amide bonds. The topological polar surface area (TPSA) is 79.9 Å². The molecule has 0 spiro atoms. The fourth-order valence-electron chi connectivity index (χ4n) is 2.78. The number of nitrogens with one attached hydrogen (secondary N) is 2. The minimum atomic E-state index is -0.238. The molecule has 22 heavy (non-hydrogen) atoms. The number of aromatic nitrogens is 3. The second kappa shape index (κ2) is 6.60. The van der Waals surface area contributed by atoms with E-state index >= 15 is 0 Å². The first kappa shape index (κ1) is 14.6. The Bertz CT molecular complexity index is 675. The second-order valence-electron chi connectivity index (χ2n) is 5.56. The summed E-state index contributed by atoms with van der Waals surface area (Å²) in [6.07, 6.45) is 5.96. The number of nitrogens with zero attached hydrogens (tertiary/aromatic N) is 2. The van der Waals surface area contributed by atoms with Crippen LogP contribution in [-0.4, -0.2) is 28.3 Å². The van der Waals surface area contributed by atoms with Gasteiger partial charge in [-0.3, -0.25) is 9.78 Å². The molecule has 2 aromatic rings. The predicted molar refractivity (Wildman–Crippen MR) is 85.1 cm³/mol. The van der Waals surface area contributed by atoms with Crippen LogP contribution in [0.3, 0.4) is 0 Å². The molecule has 1 aromatic heterocycles. The van der Waals surface area contributed by atoms with E-state index in [-0.39, 0.29) is 5.56 Å². The van der Waals surface area contributed by atoms with Crippen LogP contribution in [0.1, 0.15) is 32.1 Å². The third-order valence-corrected chi connectivity index (χ3v) is 4.01. The zero-order chi connectivity index (χ0) is 15.4. The average molecular weight is 300 g/mol. The van der Waals surface area contributed by atoms with E-state index in [9.17, 15) is 4.79 Å². The summed E-state index contributed by atoms with van der Waals surface area (Å²) in [6, 6.07) is 7.57. The smallest absolute Gasteiger partial charge is 0.279 e. The van der Waals surface area contributed by atoms with E-state index in [1.807, 2.05) is 0 Å². The summed E-state index contributed by atoms with van der Waals surface area (Å²) in [7, 11) is 1.60. The summed E-state index contributed by atoms with van der Waals surface area (Å²) >= 11 is 0. The maximum absolute atomic E-state index is 12.2. The van der Waals surface area contributed by atoms with Gasteiger partial charge in [0.15, 0.2) is 5.69 Å². The molecule has 0 bridgehead atoms. The van der Waals surface area contributed by atoms with Gasteiger partial charge in [0.25, 0.3) is 5.56 Å².